The Kier molecular flexibility index (Phi) is 9.92. The van der Waals surface area contributed by atoms with Crippen molar-refractivity contribution >= 4 is 50.6 Å². The Hall–Kier alpha value is -7.42. The molecule has 10 aromatic rings. The Morgan fingerprint density at radius 2 is 1.25 bits per heavy atom. The Bertz CT molecular complexity index is 3550. The van der Waals surface area contributed by atoms with E-state index in [1.807, 2.05) is 94.2 Å². The molecule has 8 aromatic carbocycles. The third-order valence-corrected chi connectivity index (χ3v) is 11.9. The fourth-order valence-electron chi connectivity index (χ4n) is 8.77. The normalized spacial score (nSPS) is 13.0. The molecule has 0 unspecified atom stereocenters. The fraction of sp³-hybridized carbons (Fsp3) is 0.0847. The van der Waals surface area contributed by atoms with Gasteiger partial charge in [-0.3, -0.25) is 0 Å². The second-order valence-electron chi connectivity index (χ2n) is 17.1. The van der Waals surface area contributed by atoms with Gasteiger partial charge in [-0.05, 0) is 80.4 Å². The summed E-state index contributed by atoms with van der Waals surface area (Å²) in [5, 5.41) is 2.11. The Labute approximate surface area is 398 Å². The van der Waals surface area contributed by atoms with Gasteiger partial charge in [0.1, 0.15) is 11.5 Å². The Morgan fingerprint density at radius 3 is 1.94 bits per heavy atom. The number of hydrogen-bond donors (Lipinski definition) is 0. The maximum absolute atomic E-state index is 8.73. The number of ether oxygens (including phenoxy) is 1. The van der Waals surface area contributed by atoms with Crippen molar-refractivity contribution < 1.29 is 29.9 Å². The van der Waals surface area contributed by atoms with E-state index >= 15 is 0 Å². The third kappa shape index (κ3) is 7.63. The van der Waals surface area contributed by atoms with Crippen molar-refractivity contribution in [2.45, 2.75) is 33.0 Å². The summed E-state index contributed by atoms with van der Waals surface area (Å²) in [6, 6.07) is 73.6. The second-order valence-corrected chi connectivity index (χ2v) is 17.1. The first-order valence-corrected chi connectivity index (χ1v) is 21.5. The van der Waals surface area contributed by atoms with Gasteiger partial charge in [-0.15, -0.1) is 23.6 Å². The van der Waals surface area contributed by atoms with E-state index < -0.39 is 6.85 Å². The van der Waals surface area contributed by atoms with Crippen LogP contribution in [0.1, 0.15) is 36.0 Å². The van der Waals surface area contributed by atoms with Gasteiger partial charge in [0.05, 0.1) is 11.1 Å². The molecule has 0 aliphatic carbocycles. The zero-order chi connectivity index (χ0) is 45.9. The van der Waals surface area contributed by atoms with Crippen molar-refractivity contribution in [2.24, 2.45) is 0 Å². The molecule has 1 aliphatic rings. The standard InChI is InChI=1S/C59H44N4O.Pt/c1-40-17-14-28-54-57(40)62(58-49(42-20-10-6-11-21-42)26-16-27-50(58)43-22-12-7-13-23-43)39-61(54)46-24-15-25-47(37-46)64-48-30-31-51-52-35-44(41-18-8-5-9-19-41)29-32-53(52)63(55(51)38-48)56-36-45(33-34-60-56)59(2,3)4;/h5-36H,1-4H3;/q;+2/i1D3;. The molecule has 0 spiro atoms. The van der Waals surface area contributed by atoms with Gasteiger partial charge in [0, 0.05) is 39.0 Å². The van der Waals surface area contributed by atoms with Crippen molar-refractivity contribution in [3.63, 3.8) is 0 Å². The van der Waals surface area contributed by atoms with E-state index in [2.05, 4.69) is 141 Å². The summed E-state index contributed by atoms with van der Waals surface area (Å²) in [7, 11) is 0. The minimum Gasteiger partial charge on any atom is -0.509 e. The summed E-state index contributed by atoms with van der Waals surface area (Å²) in [5.74, 6) is 1.76. The molecule has 0 fully saturated rings. The van der Waals surface area contributed by atoms with Gasteiger partial charge in [0.25, 0.3) is 5.69 Å². The van der Waals surface area contributed by atoms with E-state index in [1.54, 1.807) is 12.1 Å². The number of hydrogen-bond acceptors (Lipinski definition) is 2. The van der Waals surface area contributed by atoms with Crippen LogP contribution in [0.3, 0.4) is 0 Å². The maximum Gasteiger partial charge on any atom is 2.00 e. The average molecular weight is 1020 g/mol. The van der Waals surface area contributed by atoms with Crippen LogP contribution >= 0.6 is 0 Å². The van der Waals surface area contributed by atoms with Crippen LogP contribution in [0.2, 0.25) is 0 Å². The van der Waals surface area contributed by atoms with Crippen LogP contribution in [-0.2, 0) is 26.5 Å². The van der Waals surface area contributed by atoms with Gasteiger partial charge in [0.2, 0.25) is 5.69 Å². The van der Waals surface area contributed by atoms with Crippen molar-refractivity contribution in [1.29, 1.82) is 0 Å². The van der Waals surface area contributed by atoms with Crippen molar-refractivity contribution in [3.05, 3.63) is 218 Å². The molecule has 6 heteroatoms. The molecule has 1 aliphatic heterocycles. The number of nitrogens with zero attached hydrogens (tertiary/aromatic N) is 4. The van der Waals surface area contributed by atoms with Crippen molar-refractivity contribution in [3.8, 4) is 50.7 Å². The molecule has 0 N–H and O–H groups in total. The van der Waals surface area contributed by atoms with Crippen LogP contribution in [0.15, 0.2) is 194 Å². The van der Waals surface area contributed by atoms with Crippen molar-refractivity contribution in [2.75, 3.05) is 0 Å². The zero-order valence-corrected chi connectivity index (χ0v) is 38.3. The van der Waals surface area contributed by atoms with Gasteiger partial charge in [-0.1, -0.05) is 164 Å². The zero-order valence-electron chi connectivity index (χ0n) is 39.0. The first kappa shape index (κ1) is 38.1. The monoisotopic (exact) mass is 1020 g/mol. The number of rotatable bonds is 8. The van der Waals surface area contributed by atoms with E-state index in [0.717, 1.165) is 66.7 Å². The van der Waals surface area contributed by atoms with Crippen LogP contribution < -0.4 is 13.9 Å². The van der Waals surface area contributed by atoms with Gasteiger partial charge >= 0.3 is 32.8 Å². The van der Waals surface area contributed by atoms with E-state index in [4.69, 9.17) is 13.8 Å². The average Bonchev–Trinajstić information content (AvgIpc) is 3.90. The summed E-state index contributed by atoms with van der Waals surface area (Å²) >= 11 is 0. The molecule has 3 heterocycles. The van der Waals surface area contributed by atoms with Crippen LogP contribution in [0, 0.1) is 19.0 Å². The molecular formula is C59H44N4OPt+2. The van der Waals surface area contributed by atoms with Gasteiger partial charge in [0.15, 0.2) is 0 Å². The molecule has 2 aromatic heterocycles. The van der Waals surface area contributed by atoms with Crippen LogP contribution in [0.25, 0.3) is 61.0 Å². The SMILES string of the molecule is [2H]C([2H])([2H])c1cccc2c1[N+](c1c(-c3ccccc3)cccc1-c1ccccc1)=C=[N+]2c1[c-]c(Oc2[c-]c3c(cc2)c2cc(-c4ccccc4)ccc2n3-c2cc(C(C)(C)C)ccn2)ccc1.[Pt+2]. The molecule has 314 valence electrons. The topological polar surface area (TPSA) is 33.1 Å². The van der Waals surface area contributed by atoms with E-state index in [-0.39, 0.29) is 32.0 Å². The Morgan fingerprint density at radius 1 is 0.585 bits per heavy atom. The van der Waals surface area contributed by atoms with Gasteiger partial charge in [-0.25, -0.2) is 4.98 Å². The first-order chi connectivity index (χ1) is 32.5. The minimum atomic E-state index is -2.42. The number of fused-ring (bicyclic) bond motifs is 4. The minimum absolute atomic E-state index is 0. The quantitative estimate of drug-likeness (QED) is 0.112. The van der Waals surface area contributed by atoms with Crippen LogP contribution in [0.5, 0.6) is 11.5 Å². The molecule has 11 rings (SSSR count). The van der Waals surface area contributed by atoms with E-state index in [1.165, 1.54) is 5.56 Å². The van der Waals surface area contributed by atoms with Crippen LogP contribution in [0.4, 0.5) is 22.7 Å². The Balaban J connectivity index is 0.00000539. The number of para-hydroxylation sites is 2. The number of pyridine rings is 1. The first-order valence-electron chi connectivity index (χ1n) is 23.0. The second kappa shape index (κ2) is 16.9. The predicted molar refractivity (Wildman–Crippen MR) is 263 cm³/mol. The van der Waals surface area contributed by atoms with E-state index in [9.17, 15) is 0 Å². The summed E-state index contributed by atoms with van der Waals surface area (Å²) in [6.07, 6.45) is 1.88. The van der Waals surface area contributed by atoms with Gasteiger partial charge < -0.3 is 9.30 Å². The summed E-state index contributed by atoms with van der Waals surface area (Å²) < 4.78 is 38.8. The molecule has 5 nitrogen and oxygen atoms in total. The largest absolute Gasteiger partial charge is 2.00 e. The molecule has 0 radical (unpaired) electrons. The molecule has 0 saturated heterocycles. The fourth-order valence-corrected chi connectivity index (χ4v) is 8.77. The van der Waals surface area contributed by atoms with E-state index in [0.29, 0.717) is 28.6 Å². The molecule has 0 bridgehead atoms. The number of aryl methyl sites for hydroxylation is 1. The van der Waals surface area contributed by atoms with Gasteiger partial charge in [-0.2, -0.15) is 12.1 Å². The van der Waals surface area contributed by atoms with Crippen molar-refractivity contribution in [1.82, 2.24) is 18.7 Å². The molecule has 65 heavy (non-hydrogen) atoms. The third-order valence-electron chi connectivity index (χ3n) is 11.9. The maximum atomic E-state index is 8.73. The predicted octanol–water partition coefficient (Wildman–Crippen LogP) is 15.0. The summed E-state index contributed by atoms with van der Waals surface area (Å²) in [6.45, 7) is 4.20. The number of aromatic nitrogens is 2. The molecule has 0 amide bonds. The number of benzene rings is 8. The molecule has 0 atom stereocenters. The molecule has 0 saturated carbocycles. The summed E-state index contributed by atoms with van der Waals surface area (Å²) in [4.78, 5) is 4.90. The molecular weight excluding hydrogens is 976 g/mol. The smallest absolute Gasteiger partial charge is 0.509 e. The summed E-state index contributed by atoms with van der Waals surface area (Å²) in [5.41, 5.74) is 11.9. The van der Waals surface area contributed by atoms with Crippen LogP contribution in [-0.4, -0.2) is 15.6 Å².